The van der Waals surface area contributed by atoms with Crippen molar-refractivity contribution in [2.45, 2.75) is 33.1 Å². The highest BCUT2D eigenvalue weighted by atomic mass is 15.1. The normalized spacial score (nSPS) is 12.6. The second-order valence-corrected chi connectivity index (χ2v) is 17.6. The van der Waals surface area contributed by atoms with E-state index in [1.54, 1.807) is 0 Å². The van der Waals surface area contributed by atoms with Gasteiger partial charge in [-0.3, -0.25) is 0 Å². The molecule has 0 aromatic heterocycles. The van der Waals surface area contributed by atoms with Crippen LogP contribution in [-0.2, 0) is 5.41 Å². The third kappa shape index (κ3) is 6.76. The van der Waals surface area contributed by atoms with Gasteiger partial charge in [0.2, 0.25) is 0 Å². The van der Waals surface area contributed by atoms with E-state index in [1.807, 2.05) is 0 Å². The molecule has 0 N–H and O–H groups in total. The zero-order valence-corrected chi connectivity index (χ0v) is 36.2. The fraction of sp³-hybridized carbons (Fsp3) is 0.0820. The molecule has 1 aliphatic carbocycles. The molecule has 302 valence electrons. The quantitative estimate of drug-likeness (QED) is 0.151. The van der Waals surface area contributed by atoms with E-state index < -0.39 is 0 Å². The zero-order valence-electron chi connectivity index (χ0n) is 36.2. The van der Waals surface area contributed by atoms with Crippen LogP contribution in [0.15, 0.2) is 218 Å². The van der Waals surface area contributed by atoms with Gasteiger partial charge in [-0.15, -0.1) is 0 Å². The molecule has 0 unspecified atom stereocenters. The van der Waals surface area contributed by atoms with Gasteiger partial charge < -0.3 is 9.80 Å². The summed E-state index contributed by atoms with van der Waals surface area (Å²) in [7, 11) is 0. The lowest BCUT2D eigenvalue weighted by Crippen LogP contribution is -2.17. The maximum atomic E-state index is 2.43. The molecular formula is C61H48N2. The van der Waals surface area contributed by atoms with Crippen LogP contribution < -0.4 is 9.80 Å². The second-order valence-electron chi connectivity index (χ2n) is 17.6. The van der Waals surface area contributed by atoms with Gasteiger partial charge >= 0.3 is 0 Å². The number of anilines is 6. The van der Waals surface area contributed by atoms with Crippen molar-refractivity contribution in [2.24, 2.45) is 0 Å². The van der Waals surface area contributed by atoms with Crippen molar-refractivity contribution in [2.75, 3.05) is 9.80 Å². The minimum absolute atomic E-state index is 0.245. The standard InChI is InChI=1S/C61H48N2/c1-41-19-27-47(28-20-41)62(49-31-23-45(24-32-49)55-17-9-13-43-11-5-7-15-53(43)55)51-35-37-57-58-38-36-52(40-60(58)61(3,4)59(57)39-51)63(48-29-21-42(2)22-30-48)50-33-25-46(26-34-50)56-18-10-14-44-12-6-8-16-54(44)56/h5-40H,1-4H3. The fourth-order valence-corrected chi connectivity index (χ4v) is 9.81. The number of benzene rings is 10. The lowest BCUT2D eigenvalue weighted by atomic mass is 9.82. The summed E-state index contributed by atoms with van der Waals surface area (Å²) in [5, 5.41) is 5.04. The molecular weight excluding hydrogens is 761 g/mol. The summed E-state index contributed by atoms with van der Waals surface area (Å²) in [4.78, 5) is 4.80. The van der Waals surface area contributed by atoms with E-state index in [1.165, 1.54) is 77.2 Å². The number of hydrogen-bond donors (Lipinski definition) is 0. The average molecular weight is 809 g/mol. The highest BCUT2D eigenvalue weighted by Gasteiger charge is 2.37. The molecule has 0 spiro atoms. The Kier molecular flexibility index (Phi) is 9.32. The number of nitrogens with zero attached hydrogens (tertiary/aromatic N) is 2. The van der Waals surface area contributed by atoms with Crippen molar-refractivity contribution < 1.29 is 0 Å². The molecule has 0 aliphatic heterocycles. The van der Waals surface area contributed by atoms with E-state index in [-0.39, 0.29) is 5.41 Å². The van der Waals surface area contributed by atoms with E-state index in [2.05, 4.69) is 256 Å². The molecule has 10 aromatic rings. The Morgan fingerprint density at radius 3 is 1.03 bits per heavy atom. The molecule has 0 saturated heterocycles. The van der Waals surface area contributed by atoms with E-state index in [9.17, 15) is 0 Å². The van der Waals surface area contributed by atoms with E-state index in [0.29, 0.717) is 0 Å². The number of aryl methyl sites for hydroxylation is 2. The van der Waals surface area contributed by atoms with Crippen LogP contribution in [0.2, 0.25) is 0 Å². The first-order chi connectivity index (χ1) is 30.8. The zero-order chi connectivity index (χ0) is 42.7. The predicted octanol–water partition coefficient (Wildman–Crippen LogP) is 17.2. The maximum Gasteiger partial charge on any atom is 0.0465 e. The number of fused-ring (bicyclic) bond motifs is 5. The lowest BCUT2D eigenvalue weighted by Gasteiger charge is -2.29. The molecule has 1 aliphatic rings. The lowest BCUT2D eigenvalue weighted by molar-refractivity contribution is 0.660. The Morgan fingerprint density at radius 1 is 0.302 bits per heavy atom. The molecule has 0 heterocycles. The molecule has 10 aromatic carbocycles. The van der Waals surface area contributed by atoms with Crippen LogP contribution in [0.25, 0.3) is 54.9 Å². The molecule has 2 nitrogen and oxygen atoms in total. The predicted molar refractivity (Wildman–Crippen MR) is 269 cm³/mol. The van der Waals surface area contributed by atoms with Gasteiger partial charge in [0.1, 0.15) is 0 Å². The summed E-state index contributed by atoms with van der Waals surface area (Å²) in [6.45, 7) is 9.07. The number of hydrogen-bond acceptors (Lipinski definition) is 2. The van der Waals surface area contributed by atoms with Crippen molar-refractivity contribution in [3.63, 3.8) is 0 Å². The first-order valence-electron chi connectivity index (χ1n) is 22.0. The summed E-state index contributed by atoms with van der Waals surface area (Å²) in [6.07, 6.45) is 0. The van der Waals surface area contributed by atoms with Crippen LogP contribution in [0.1, 0.15) is 36.1 Å². The molecule has 0 amide bonds. The highest BCUT2D eigenvalue weighted by Crippen LogP contribution is 2.52. The van der Waals surface area contributed by atoms with E-state index >= 15 is 0 Å². The van der Waals surface area contributed by atoms with Crippen molar-refractivity contribution in [3.05, 3.63) is 241 Å². The summed E-state index contributed by atoms with van der Waals surface area (Å²) >= 11 is 0. The van der Waals surface area contributed by atoms with Crippen LogP contribution in [0.4, 0.5) is 34.1 Å². The van der Waals surface area contributed by atoms with Gasteiger partial charge in [-0.2, -0.15) is 0 Å². The van der Waals surface area contributed by atoms with Crippen LogP contribution in [-0.4, -0.2) is 0 Å². The molecule has 63 heavy (non-hydrogen) atoms. The third-order valence-electron chi connectivity index (χ3n) is 13.2. The Morgan fingerprint density at radius 2 is 0.635 bits per heavy atom. The summed E-state index contributed by atoms with van der Waals surface area (Å²) in [6, 6.07) is 80.5. The van der Waals surface area contributed by atoms with Gasteiger partial charge in [-0.05, 0) is 153 Å². The monoisotopic (exact) mass is 808 g/mol. The first kappa shape index (κ1) is 38.3. The smallest absolute Gasteiger partial charge is 0.0465 e. The van der Waals surface area contributed by atoms with Gasteiger partial charge in [0, 0.05) is 39.5 Å². The van der Waals surface area contributed by atoms with E-state index in [0.717, 1.165) is 34.1 Å². The molecule has 11 rings (SSSR count). The average Bonchev–Trinajstić information content (AvgIpc) is 3.55. The molecule has 0 atom stereocenters. The van der Waals surface area contributed by atoms with Gasteiger partial charge in [0.05, 0.1) is 0 Å². The van der Waals surface area contributed by atoms with Crippen LogP contribution in [0.5, 0.6) is 0 Å². The Balaban J connectivity index is 0.969. The topological polar surface area (TPSA) is 6.48 Å². The van der Waals surface area contributed by atoms with E-state index in [4.69, 9.17) is 0 Å². The van der Waals surface area contributed by atoms with Gasteiger partial charge in [-0.25, -0.2) is 0 Å². The maximum absolute atomic E-state index is 2.43. The van der Waals surface area contributed by atoms with Crippen LogP contribution >= 0.6 is 0 Å². The third-order valence-corrected chi connectivity index (χ3v) is 13.2. The Hall–Kier alpha value is -7.68. The molecule has 0 radical (unpaired) electrons. The van der Waals surface area contributed by atoms with Crippen LogP contribution in [0, 0.1) is 13.8 Å². The number of rotatable bonds is 8. The van der Waals surface area contributed by atoms with Gasteiger partial charge in [-0.1, -0.05) is 171 Å². The first-order valence-corrected chi connectivity index (χ1v) is 22.0. The van der Waals surface area contributed by atoms with Crippen molar-refractivity contribution in [3.8, 4) is 33.4 Å². The SMILES string of the molecule is Cc1ccc(N(c2ccc(-c3cccc4ccccc34)cc2)c2ccc3c(c2)C(C)(C)c2cc(N(c4ccc(C)cc4)c4ccc(-c5cccc6ccccc56)cc4)ccc2-3)cc1. The Labute approximate surface area is 371 Å². The van der Waals surface area contributed by atoms with Crippen molar-refractivity contribution >= 4 is 55.7 Å². The van der Waals surface area contributed by atoms with Gasteiger partial charge in [0.15, 0.2) is 0 Å². The summed E-state index contributed by atoms with van der Waals surface area (Å²) in [5.41, 5.74) is 19.2. The minimum atomic E-state index is -0.245. The summed E-state index contributed by atoms with van der Waals surface area (Å²) in [5.74, 6) is 0. The Bertz CT molecular complexity index is 3070. The largest absolute Gasteiger partial charge is 0.310 e. The fourth-order valence-electron chi connectivity index (χ4n) is 9.81. The highest BCUT2D eigenvalue weighted by molar-refractivity contribution is 5.98. The molecule has 0 bridgehead atoms. The molecule has 0 saturated carbocycles. The summed E-state index contributed by atoms with van der Waals surface area (Å²) < 4.78 is 0. The van der Waals surface area contributed by atoms with Crippen molar-refractivity contribution in [1.82, 2.24) is 0 Å². The molecule has 2 heteroatoms. The van der Waals surface area contributed by atoms with Crippen molar-refractivity contribution in [1.29, 1.82) is 0 Å². The minimum Gasteiger partial charge on any atom is -0.310 e. The molecule has 0 fully saturated rings. The second kappa shape index (κ2) is 15.3. The van der Waals surface area contributed by atoms with Gasteiger partial charge in [0.25, 0.3) is 0 Å². The van der Waals surface area contributed by atoms with Crippen LogP contribution in [0.3, 0.4) is 0 Å².